The zero-order chi connectivity index (χ0) is 18.1. The Labute approximate surface area is 131 Å². The maximum absolute atomic E-state index is 13.6. The van der Waals surface area contributed by atoms with Gasteiger partial charge in [-0.2, -0.15) is 10.5 Å². The second kappa shape index (κ2) is 5.93. The first-order valence-electron chi connectivity index (χ1n) is 6.09. The van der Waals surface area contributed by atoms with Crippen LogP contribution in [-0.2, 0) is 0 Å². The summed E-state index contributed by atoms with van der Waals surface area (Å²) in [7, 11) is 0. The second-order valence-electron chi connectivity index (χ2n) is 4.44. The summed E-state index contributed by atoms with van der Waals surface area (Å²) >= 11 is 0. The molecule has 3 N–H and O–H groups in total. The minimum Gasteiger partial charge on any atom is -0.406 e. The summed E-state index contributed by atoms with van der Waals surface area (Å²) < 4.78 is 54.2. The van der Waals surface area contributed by atoms with Gasteiger partial charge in [0.05, 0.1) is 0 Å². The molecule has 2 rings (SSSR count). The molecule has 1 aromatic heterocycles. The number of alkyl halides is 3. The SMILES string of the molecule is N#Cc1c(N)[nH]c(=O)c(C#N)c1-c1cc(F)cc(OC(F)(F)F)c1. The Morgan fingerprint density at radius 2 is 1.75 bits per heavy atom. The van der Waals surface area contributed by atoms with Crippen LogP contribution in [0, 0.1) is 28.5 Å². The number of ether oxygens (including phenoxy) is 1. The number of pyridine rings is 1. The summed E-state index contributed by atoms with van der Waals surface area (Å²) in [5.41, 5.74) is 2.82. The van der Waals surface area contributed by atoms with Gasteiger partial charge in [-0.05, 0) is 17.7 Å². The molecule has 0 fully saturated rings. The molecule has 122 valence electrons. The average molecular weight is 338 g/mol. The second-order valence-corrected chi connectivity index (χ2v) is 4.44. The number of benzene rings is 1. The molecule has 10 heteroatoms. The summed E-state index contributed by atoms with van der Waals surface area (Å²) in [4.78, 5) is 13.8. The van der Waals surface area contributed by atoms with Gasteiger partial charge in [-0.3, -0.25) is 4.79 Å². The van der Waals surface area contributed by atoms with Crippen LogP contribution in [0.3, 0.4) is 0 Å². The van der Waals surface area contributed by atoms with Crippen molar-refractivity contribution in [3.8, 4) is 29.0 Å². The summed E-state index contributed by atoms with van der Waals surface area (Å²) in [5.74, 6) is -2.44. The van der Waals surface area contributed by atoms with Crippen molar-refractivity contribution in [1.29, 1.82) is 10.5 Å². The van der Waals surface area contributed by atoms with Crippen molar-refractivity contribution in [3.63, 3.8) is 0 Å². The lowest BCUT2D eigenvalue weighted by atomic mass is 9.96. The van der Waals surface area contributed by atoms with E-state index < -0.39 is 34.9 Å². The third kappa shape index (κ3) is 3.28. The van der Waals surface area contributed by atoms with Gasteiger partial charge in [-0.1, -0.05) is 0 Å². The van der Waals surface area contributed by atoms with Crippen LogP contribution in [0.2, 0.25) is 0 Å². The monoisotopic (exact) mass is 338 g/mol. The van der Waals surface area contributed by atoms with Crippen LogP contribution in [-0.4, -0.2) is 11.3 Å². The highest BCUT2D eigenvalue weighted by Gasteiger charge is 2.31. The number of nitrogen functional groups attached to an aromatic ring is 1. The van der Waals surface area contributed by atoms with Crippen LogP contribution < -0.4 is 16.0 Å². The fourth-order valence-corrected chi connectivity index (χ4v) is 2.03. The van der Waals surface area contributed by atoms with E-state index in [0.29, 0.717) is 6.07 Å². The molecule has 1 aromatic carbocycles. The Morgan fingerprint density at radius 1 is 1.12 bits per heavy atom. The number of hydrogen-bond acceptors (Lipinski definition) is 5. The van der Waals surface area contributed by atoms with Crippen LogP contribution in [0.5, 0.6) is 5.75 Å². The number of anilines is 1. The number of halogens is 4. The molecule has 0 atom stereocenters. The van der Waals surface area contributed by atoms with E-state index in [1.165, 1.54) is 6.07 Å². The summed E-state index contributed by atoms with van der Waals surface area (Å²) in [6.45, 7) is 0. The van der Waals surface area contributed by atoms with Crippen molar-refractivity contribution in [2.75, 3.05) is 5.73 Å². The van der Waals surface area contributed by atoms with E-state index in [1.807, 2.05) is 0 Å². The Kier molecular flexibility index (Phi) is 4.16. The summed E-state index contributed by atoms with van der Waals surface area (Å²) in [5, 5.41) is 18.2. The molecular formula is C14H6F4N4O2. The summed E-state index contributed by atoms with van der Waals surface area (Å²) in [6.07, 6.45) is -5.08. The van der Waals surface area contributed by atoms with Crippen molar-refractivity contribution in [2.24, 2.45) is 0 Å². The van der Waals surface area contributed by atoms with E-state index in [0.717, 1.165) is 12.1 Å². The predicted molar refractivity (Wildman–Crippen MR) is 73.0 cm³/mol. The first-order valence-corrected chi connectivity index (χ1v) is 6.09. The fourth-order valence-electron chi connectivity index (χ4n) is 2.03. The third-order valence-corrected chi connectivity index (χ3v) is 2.86. The molecule has 0 aliphatic rings. The zero-order valence-corrected chi connectivity index (χ0v) is 11.5. The number of nitrogens with two attached hydrogens (primary N) is 1. The number of aromatic amines is 1. The molecule has 0 saturated heterocycles. The topological polar surface area (TPSA) is 116 Å². The maximum Gasteiger partial charge on any atom is 0.573 e. The molecular weight excluding hydrogens is 332 g/mol. The van der Waals surface area contributed by atoms with Crippen LogP contribution in [0.25, 0.3) is 11.1 Å². The average Bonchev–Trinajstić information content (AvgIpc) is 2.44. The molecule has 6 nitrogen and oxygen atoms in total. The standard InChI is InChI=1S/C14H6F4N4O2/c15-7-1-6(2-8(3-7)24-14(16,17)18)11-9(4-19)12(21)22-13(23)10(11)5-20/h1-3H,(H3,21,22,23). The molecule has 0 radical (unpaired) electrons. The van der Waals surface area contributed by atoms with Gasteiger partial charge in [0.2, 0.25) is 0 Å². The predicted octanol–water partition coefficient (Wildman–Crippen LogP) is 2.41. The lowest BCUT2D eigenvalue weighted by molar-refractivity contribution is -0.274. The molecule has 1 heterocycles. The van der Waals surface area contributed by atoms with E-state index in [9.17, 15) is 22.4 Å². The van der Waals surface area contributed by atoms with E-state index >= 15 is 0 Å². The minimum atomic E-state index is -5.08. The highest BCUT2D eigenvalue weighted by molar-refractivity contribution is 5.80. The van der Waals surface area contributed by atoms with Crippen LogP contribution >= 0.6 is 0 Å². The van der Waals surface area contributed by atoms with Gasteiger partial charge in [0, 0.05) is 11.6 Å². The number of H-pyrrole nitrogens is 1. The Morgan fingerprint density at radius 3 is 2.29 bits per heavy atom. The largest absolute Gasteiger partial charge is 0.573 e. The van der Waals surface area contributed by atoms with Crippen molar-refractivity contribution >= 4 is 5.82 Å². The maximum atomic E-state index is 13.6. The zero-order valence-electron chi connectivity index (χ0n) is 11.5. The summed E-state index contributed by atoms with van der Waals surface area (Å²) in [6, 6.07) is 5.09. The van der Waals surface area contributed by atoms with Crippen LogP contribution in [0.15, 0.2) is 23.0 Å². The number of aromatic nitrogens is 1. The van der Waals surface area contributed by atoms with E-state index in [-0.39, 0.29) is 16.7 Å². The minimum absolute atomic E-state index is 0.333. The van der Waals surface area contributed by atoms with Gasteiger partial charge in [-0.15, -0.1) is 13.2 Å². The number of nitriles is 2. The van der Waals surface area contributed by atoms with Gasteiger partial charge in [0.1, 0.15) is 40.6 Å². The molecule has 2 aromatic rings. The highest BCUT2D eigenvalue weighted by atomic mass is 19.4. The smallest absolute Gasteiger partial charge is 0.406 e. The highest BCUT2D eigenvalue weighted by Crippen LogP contribution is 2.33. The van der Waals surface area contributed by atoms with E-state index in [1.54, 1.807) is 6.07 Å². The van der Waals surface area contributed by atoms with Gasteiger partial charge < -0.3 is 15.5 Å². The first-order chi connectivity index (χ1) is 11.2. The van der Waals surface area contributed by atoms with Gasteiger partial charge in [0.25, 0.3) is 5.56 Å². The van der Waals surface area contributed by atoms with E-state index in [4.69, 9.17) is 16.3 Å². The number of nitrogens with zero attached hydrogens (tertiary/aromatic N) is 2. The molecule has 0 amide bonds. The lowest BCUT2D eigenvalue weighted by Crippen LogP contribution is -2.18. The number of rotatable bonds is 2. The van der Waals surface area contributed by atoms with Crippen molar-refractivity contribution in [2.45, 2.75) is 6.36 Å². The normalized spacial score (nSPS) is 10.8. The molecule has 0 saturated carbocycles. The number of hydrogen-bond donors (Lipinski definition) is 2. The first kappa shape index (κ1) is 16.8. The fraction of sp³-hybridized carbons (Fsp3) is 0.0714. The van der Waals surface area contributed by atoms with Crippen LogP contribution in [0.4, 0.5) is 23.4 Å². The molecule has 0 spiro atoms. The number of nitrogens with one attached hydrogen (secondary N) is 1. The van der Waals surface area contributed by atoms with Crippen molar-refractivity contribution in [1.82, 2.24) is 4.98 Å². The lowest BCUT2D eigenvalue weighted by Gasteiger charge is -2.12. The van der Waals surface area contributed by atoms with Gasteiger partial charge in [-0.25, -0.2) is 4.39 Å². The Bertz CT molecular complexity index is 951. The van der Waals surface area contributed by atoms with Crippen molar-refractivity contribution < 1.29 is 22.3 Å². The van der Waals surface area contributed by atoms with Crippen LogP contribution in [0.1, 0.15) is 11.1 Å². The Balaban J connectivity index is 2.80. The van der Waals surface area contributed by atoms with Crippen molar-refractivity contribution in [3.05, 3.63) is 45.5 Å². The molecule has 0 aliphatic carbocycles. The third-order valence-electron chi connectivity index (χ3n) is 2.86. The Hall–Kier alpha value is -3.53. The molecule has 0 aliphatic heterocycles. The van der Waals surface area contributed by atoms with Gasteiger partial charge >= 0.3 is 6.36 Å². The quantitative estimate of drug-likeness (QED) is 0.816. The molecule has 24 heavy (non-hydrogen) atoms. The molecule has 0 bridgehead atoms. The molecule has 0 unspecified atom stereocenters. The van der Waals surface area contributed by atoms with E-state index in [2.05, 4.69) is 9.72 Å². The van der Waals surface area contributed by atoms with Gasteiger partial charge in [0.15, 0.2) is 0 Å².